The Hall–Kier alpha value is -3.10. The number of hydrogen-bond acceptors (Lipinski definition) is 6. The second kappa shape index (κ2) is 12.4. The van der Waals surface area contributed by atoms with Gasteiger partial charge in [-0.25, -0.2) is 4.79 Å². The maximum absolute atomic E-state index is 12.9. The van der Waals surface area contributed by atoms with E-state index in [1.165, 1.54) is 12.1 Å². The third kappa shape index (κ3) is 7.23. The number of aliphatic carboxylic acids is 1. The summed E-state index contributed by atoms with van der Waals surface area (Å²) in [5.74, 6) is -0.756. The fourth-order valence-electron chi connectivity index (χ4n) is 4.75. The number of hydrogen-bond donors (Lipinski definition) is 4. The van der Waals surface area contributed by atoms with Gasteiger partial charge in [0.15, 0.2) is 5.96 Å². The van der Waals surface area contributed by atoms with Crippen molar-refractivity contribution in [3.8, 4) is 0 Å². The molecule has 1 heterocycles. The van der Waals surface area contributed by atoms with Gasteiger partial charge in [0, 0.05) is 37.9 Å². The van der Waals surface area contributed by atoms with Gasteiger partial charge in [-0.1, -0.05) is 53.5 Å². The van der Waals surface area contributed by atoms with Crippen molar-refractivity contribution in [1.29, 1.82) is 0 Å². The van der Waals surface area contributed by atoms with E-state index in [0.717, 1.165) is 55.9 Å². The van der Waals surface area contributed by atoms with E-state index in [0.29, 0.717) is 6.42 Å². The van der Waals surface area contributed by atoms with Crippen molar-refractivity contribution in [2.75, 3.05) is 13.1 Å². The molecule has 37 heavy (non-hydrogen) atoms. The van der Waals surface area contributed by atoms with Crippen molar-refractivity contribution in [3.63, 3.8) is 0 Å². The van der Waals surface area contributed by atoms with E-state index in [9.17, 15) is 19.5 Å². The molecule has 0 saturated heterocycles. The monoisotopic (exact) mass is 544 g/mol. The first kappa shape index (κ1) is 26.9. The standard InChI is InChI=1S/C27H30Cl2N4O4/c28-20-3-1-4-21(29)24(20)25(35)33-22(26(36)37)13-16-5-7-17(8-6-16)14-23(34)18-9-10-19(15-18)32-27-30-11-2-12-31-27/h1,3-8,18-19,22H,2,9-15H2,(H,33,35)(H,36,37)(H2,30,31,32)/t18-,19+,22-/m0/s1. The zero-order chi connectivity index (χ0) is 26.4. The summed E-state index contributed by atoms with van der Waals surface area (Å²) in [7, 11) is 0. The minimum absolute atomic E-state index is 0.0182. The number of carbonyl (C=O) groups excluding carboxylic acids is 2. The summed E-state index contributed by atoms with van der Waals surface area (Å²) in [6, 6.07) is 11.0. The van der Waals surface area contributed by atoms with E-state index in [1.807, 2.05) is 12.1 Å². The number of carboxylic acids is 1. The minimum Gasteiger partial charge on any atom is -0.480 e. The lowest BCUT2D eigenvalue weighted by molar-refractivity contribution is -0.139. The maximum atomic E-state index is 12.9. The quantitative estimate of drug-likeness (QED) is 0.382. The number of rotatable bonds is 9. The Morgan fingerprint density at radius 1 is 1.05 bits per heavy atom. The first-order valence-electron chi connectivity index (χ1n) is 12.4. The second-order valence-corrected chi connectivity index (χ2v) is 10.3. The molecule has 4 N–H and O–H groups in total. The summed E-state index contributed by atoms with van der Waals surface area (Å²) in [5.41, 5.74) is 1.64. The summed E-state index contributed by atoms with van der Waals surface area (Å²) in [4.78, 5) is 41.8. The van der Waals surface area contributed by atoms with E-state index in [-0.39, 0.29) is 39.8 Å². The Bertz CT molecular complexity index is 1170. The molecule has 0 unspecified atom stereocenters. The first-order chi connectivity index (χ1) is 17.8. The normalized spacial score (nSPS) is 19.9. The van der Waals surface area contributed by atoms with E-state index in [2.05, 4.69) is 20.9 Å². The van der Waals surface area contributed by atoms with Gasteiger partial charge in [-0.3, -0.25) is 14.6 Å². The molecule has 4 rings (SSSR count). The summed E-state index contributed by atoms with van der Waals surface area (Å²) >= 11 is 12.1. The molecule has 0 spiro atoms. The molecular formula is C27H30Cl2N4O4. The van der Waals surface area contributed by atoms with E-state index in [4.69, 9.17) is 23.2 Å². The van der Waals surface area contributed by atoms with Gasteiger partial charge in [0.25, 0.3) is 5.91 Å². The van der Waals surface area contributed by atoms with Crippen LogP contribution in [0, 0.1) is 5.92 Å². The molecule has 3 atom stereocenters. The van der Waals surface area contributed by atoms with E-state index >= 15 is 0 Å². The number of nitrogens with zero attached hydrogens (tertiary/aromatic N) is 1. The summed E-state index contributed by atoms with van der Waals surface area (Å²) < 4.78 is 0. The Labute approximate surface area is 225 Å². The molecule has 1 fully saturated rings. The van der Waals surface area contributed by atoms with Crippen LogP contribution in [0.25, 0.3) is 0 Å². The average Bonchev–Trinajstić information content (AvgIpc) is 3.34. The van der Waals surface area contributed by atoms with Gasteiger partial charge in [-0.05, 0) is 48.9 Å². The number of halogens is 2. The number of aliphatic imine (C=N–C) groups is 1. The molecule has 1 aliphatic carbocycles. The first-order valence-corrected chi connectivity index (χ1v) is 13.2. The van der Waals surface area contributed by atoms with Crippen LogP contribution in [0.1, 0.15) is 47.2 Å². The lowest BCUT2D eigenvalue weighted by Gasteiger charge is -2.20. The van der Waals surface area contributed by atoms with E-state index < -0.39 is 17.9 Å². The van der Waals surface area contributed by atoms with Crippen LogP contribution < -0.4 is 16.0 Å². The van der Waals surface area contributed by atoms with Crippen LogP contribution in [-0.4, -0.2) is 53.9 Å². The summed E-state index contributed by atoms with van der Waals surface area (Å²) in [6.45, 7) is 1.75. The molecule has 1 aliphatic heterocycles. The van der Waals surface area contributed by atoms with Gasteiger partial charge in [0.2, 0.25) is 0 Å². The molecule has 0 aromatic heterocycles. The predicted molar refractivity (Wildman–Crippen MR) is 143 cm³/mol. The number of amides is 1. The molecule has 2 aromatic carbocycles. The van der Waals surface area contributed by atoms with Crippen molar-refractivity contribution in [1.82, 2.24) is 16.0 Å². The highest BCUT2D eigenvalue weighted by atomic mass is 35.5. The summed E-state index contributed by atoms with van der Waals surface area (Å²) in [6.07, 6.45) is 4.05. The van der Waals surface area contributed by atoms with Gasteiger partial charge in [-0.2, -0.15) is 0 Å². The number of carbonyl (C=O) groups is 3. The third-order valence-corrected chi connectivity index (χ3v) is 7.39. The molecule has 0 bridgehead atoms. The SMILES string of the molecule is O=C(N[C@@H](Cc1ccc(CC(=O)[C@H]2CC[C@@H](NC3=NCCCN3)C2)cc1)C(=O)O)c1c(Cl)cccc1Cl. The predicted octanol–water partition coefficient (Wildman–Crippen LogP) is 3.64. The van der Waals surface area contributed by atoms with Crippen molar-refractivity contribution in [3.05, 3.63) is 69.2 Å². The Balaban J connectivity index is 1.30. The maximum Gasteiger partial charge on any atom is 0.326 e. The fourth-order valence-corrected chi connectivity index (χ4v) is 5.32. The van der Waals surface area contributed by atoms with Crippen molar-refractivity contribution in [2.24, 2.45) is 10.9 Å². The highest BCUT2D eigenvalue weighted by Gasteiger charge is 2.30. The van der Waals surface area contributed by atoms with Gasteiger partial charge in [0.1, 0.15) is 11.8 Å². The lowest BCUT2D eigenvalue weighted by atomic mass is 9.95. The number of guanidine groups is 1. The second-order valence-electron chi connectivity index (χ2n) is 9.49. The van der Waals surface area contributed by atoms with Crippen LogP contribution in [0.15, 0.2) is 47.5 Å². The Kier molecular flexibility index (Phi) is 9.05. The van der Waals surface area contributed by atoms with Crippen LogP contribution in [-0.2, 0) is 22.4 Å². The van der Waals surface area contributed by atoms with Crippen LogP contribution >= 0.6 is 23.2 Å². The van der Waals surface area contributed by atoms with Crippen LogP contribution in [0.3, 0.4) is 0 Å². The number of ketones is 1. The van der Waals surface area contributed by atoms with Crippen molar-refractivity contribution >= 4 is 46.8 Å². The third-order valence-electron chi connectivity index (χ3n) is 6.76. The number of carboxylic acid groups (broad SMARTS) is 1. The molecular weight excluding hydrogens is 515 g/mol. The highest BCUT2D eigenvalue weighted by molar-refractivity contribution is 6.39. The van der Waals surface area contributed by atoms with Gasteiger partial charge >= 0.3 is 5.97 Å². The molecule has 8 nitrogen and oxygen atoms in total. The molecule has 2 aliphatic rings. The average molecular weight is 545 g/mol. The van der Waals surface area contributed by atoms with Gasteiger partial charge < -0.3 is 21.1 Å². The fraction of sp³-hybridized carbons (Fsp3) is 0.407. The smallest absolute Gasteiger partial charge is 0.326 e. The number of nitrogens with one attached hydrogen (secondary N) is 3. The van der Waals surface area contributed by atoms with Gasteiger partial charge in [-0.15, -0.1) is 0 Å². The van der Waals surface area contributed by atoms with Crippen LogP contribution in [0.2, 0.25) is 10.0 Å². The van der Waals surface area contributed by atoms with Crippen LogP contribution in [0.4, 0.5) is 0 Å². The molecule has 0 radical (unpaired) electrons. The minimum atomic E-state index is -1.17. The highest BCUT2D eigenvalue weighted by Crippen LogP contribution is 2.28. The van der Waals surface area contributed by atoms with Crippen molar-refractivity contribution in [2.45, 2.75) is 50.6 Å². The number of benzene rings is 2. The van der Waals surface area contributed by atoms with E-state index in [1.54, 1.807) is 18.2 Å². The van der Waals surface area contributed by atoms with Gasteiger partial charge in [0.05, 0.1) is 15.6 Å². The van der Waals surface area contributed by atoms with Crippen molar-refractivity contribution < 1.29 is 19.5 Å². The molecule has 1 saturated carbocycles. The lowest BCUT2D eigenvalue weighted by Crippen LogP contribution is -2.45. The Morgan fingerprint density at radius 3 is 2.41 bits per heavy atom. The number of Topliss-reactive ketones (excluding diaryl/α,β-unsaturated/α-hetero) is 1. The molecule has 1 amide bonds. The molecule has 2 aromatic rings. The molecule has 196 valence electrons. The Morgan fingerprint density at radius 2 is 1.76 bits per heavy atom. The largest absolute Gasteiger partial charge is 0.480 e. The summed E-state index contributed by atoms with van der Waals surface area (Å²) in [5, 5.41) is 19.1. The van der Waals surface area contributed by atoms with Crippen LogP contribution in [0.5, 0.6) is 0 Å². The molecule has 10 heteroatoms. The zero-order valence-electron chi connectivity index (χ0n) is 20.3. The zero-order valence-corrected chi connectivity index (χ0v) is 21.8. The topological polar surface area (TPSA) is 120 Å².